The van der Waals surface area contributed by atoms with Gasteiger partial charge in [0.25, 0.3) is 0 Å². The topological polar surface area (TPSA) is 52.0 Å². The molecule has 0 fully saturated rings. The zero-order chi connectivity index (χ0) is 13.3. The number of hydrogen-bond acceptors (Lipinski definition) is 3. The summed E-state index contributed by atoms with van der Waals surface area (Å²) in [5.41, 5.74) is 4.28. The van der Waals surface area contributed by atoms with Crippen LogP contribution in [0, 0.1) is 5.82 Å². The number of benzene rings is 1. The van der Waals surface area contributed by atoms with E-state index >= 15 is 0 Å². The van der Waals surface area contributed by atoms with Crippen molar-refractivity contribution in [1.29, 1.82) is 0 Å². The number of alkyl halides is 3. The number of nitrogens with two attached hydrogens (primary N) is 1. The van der Waals surface area contributed by atoms with E-state index in [4.69, 9.17) is 10.2 Å². The first-order valence-corrected chi connectivity index (χ1v) is 4.93. The van der Waals surface area contributed by atoms with Crippen LogP contribution < -0.4 is 5.73 Å². The molecule has 0 saturated heterocycles. The number of halogens is 4. The molecular formula is C11H8F4N2O. The first-order valence-electron chi connectivity index (χ1n) is 4.93. The van der Waals surface area contributed by atoms with Crippen LogP contribution in [-0.2, 0) is 12.7 Å². The van der Waals surface area contributed by atoms with Crippen molar-refractivity contribution < 1.29 is 22.0 Å². The summed E-state index contributed by atoms with van der Waals surface area (Å²) in [5.74, 6) is -0.907. The minimum absolute atomic E-state index is 0.0540. The average molecular weight is 260 g/mol. The minimum atomic E-state index is -4.55. The average Bonchev–Trinajstić information content (AvgIpc) is 2.76. The van der Waals surface area contributed by atoms with Crippen molar-refractivity contribution >= 4 is 0 Å². The number of hydrogen-bond donors (Lipinski definition) is 1. The van der Waals surface area contributed by atoms with Crippen LogP contribution >= 0.6 is 0 Å². The van der Waals surface area contributed by atoms with E-state index in [0.29, 0.717) is 12.1 Å². The summed E-state index contributed by atoms with van der Waals surface area (Å²) in [5, 5.41) is 0. The third-order valence-electron chi connectivity index (χ3n) is 2.37. The van der Waals surface area contributed by atoms with E-state index in [1.165, 1.54) is 0 Å². The molecule has 0 saturated carbocycles. The molecule has 7 heteroatoms. The Kier molecular flexibility index (Phi) is 3.08. The van der Waals surface area contributed by atoms with E-state index in [2.05, 4.69) is 4.98 Å². The van der Waals surface area contributed by atoms with Crippen molar-refractivity contribution in [1.82, 2.24) is 4.98 Å². The van der Waals surface area contributed by atoms with Gasteiger partial charge in [-0.1, -0.05) is 0 Å². The van der Waals surface area contributed by atoms with Gasteiger partial charge in [0.05, 0.1) is 11.1 Å². The molecule has 0 spiro atoms. The van der Waals surface area contributed by atoms with Crippen LogP contribution in [0.2, 0.25) is 0 Å². The first-order chi connectivity index (χ1) is 8.43. The number of rotatable bonds is 2. The fourth-order valence-corrected chi connectivity index (χ4v) is 1.51. The molecule has 0 amide bonds. The van der Waals surface area contributed by atoms with E-state index in [1.54, 1.807) is 0 Å². The maximum Gasteiger partial charge on any atom is 0.416 e. The van der Waals surface area contributed by atoms with Crippen molar-refractivity contribution in [3.8, 4) is 11.3 Å². The number of aromatic nitrogens is 1. The Morgan fingerprint density at radius 3 is 2.61 bits per heavy atom. The monoisotopic (exact) mass is 260 g/mol. The molecule has 2 aromatic rings. The Balaban J connectivity index is 2.57. The Bertz CT molecular complexity index is 562. The SMILES string of the molecule is NCc1ncoc1-c1cc(C(F)(F)F)ccc1F. The predicted octanol–water partition coefficient (Wildman–Crippen LogP) is 2.96. The van der Waals surface area contributed by atoms with Crippen LogP contribution in [0.5, 0.6) is 0 Å². The summed E-state index contributed by atoms with van der Waals surface area (Å²) >= 11 is 0. The maximum atomic E-state index is 13.5. The molecule has 0 bridgehead atoms. The fourth-order valence-electron chi connectivity index (χ4n) is 1.51. The molecular weight excluding hydrogens is 252 g/mol. The van der Waals surface area contributed by atoms with Gasteiger partial charge in [-0.05, 0) is 18.2 Å². The van der Waals surface area contributed by atoms with E-state index in [9.17, 15) is 17.6 Å². The predicted molar refractivity (Wildman–Crippen MR) is 54.8 cm³/mol. The van der Waals surface area contributed by atoms with Gasteiger partial charge in [0, 0.05) is 6.54 Å². The van der Waals surface area contributed by atoms with Crippen LogP contribution in [0.15, 0.2) is 29.0 Å². The molecule has 0 atom stereocenters. The second kappa shape index (κ2) is 4.41. The van der Waals surface area contributed by atoms with Crippen LogP contribution in [0.1, 0.15) is 11.3 Å². The standard InChI is InChI=1S/C11H8F4N2O/c12-8-2-1-6(11(13,14)15)3-7(8)10-9(4-16)17-5-18-10/h1-3,5H,4,16H2. The zero-order valence-corrected chi connectivity index (χ0v) is 8.96. The van der Waals surface area contributed by atoms with Gasteiger partial charge in [0.15, 0.2) is 12.2 Å². The van der Waals surface area contributed by atoms with E-state index in [0.717, 1.165) is 12.5 Å². The van der Waals surface area contributed by atoms with E-state index in [-0.39, 0.29) is 23.6 Å². The smallest absolute Gasteiger partial charge is 0.416 e. The molecule has 1 aromatic heterocycles. The normalized spacial score (nSPS) is 11.8. The van der Waals surface area contributed by atoms with Gasteiger partial charge in [-0.2, -0.15) is 13.2 Å². The molecule has 0 unspecified atom stereocenters. The molecule has 1 aromatic carbocycles. The molecule has 2 rings (SSSR count). The summed E-state index contributed by atoms with van der Waals surface area (Å²) in [4.78, 5) is 3.70. The van der Waals surface area contributed by atoms with E-state index < -0.39 is 17.6 Å². The van der Waals surface area contributed by atoms with Crippen molar-refractivity contribution in [3.05, 3.63) is 41.7 Å². The van der Waals surface area contributed by atoms with Crippen LogP contribution in [0.4, 0.5) is 17.6 Å². The lowest BCUT2D eigenvalue weighted by atomic mass is 10.1. The van der Waals surface area contributed by atoms with Gasteiger partial charge >= 0.3 is 6.18 Å². The van der Waals surface area contributed by atoms with Crippen LogP contribution in [0.3, 0.4) is 0 Å². The third-order valence-corrected chi connectivity index (χ3v) is 2.37. The Morgan fingerprint density at radius 2 is 2.00 bits per heavy atom. The molecule has 1 heterocycles. The number of nitrogens with zero attached hydrogens (tertiary/aromatic N) is 1. The van der Waals surface area contributed by atoms with Gasteiger partial charge in [-0.25, -0.2) is 9.37 Å². The highest BCUT2D eigenvalue weighted by molar-refractivity contribution is 5.61. The first kappa shape index (κ1) is 12.6. The summed E-state index contributed by atoms with van der Waals surface area (Å²) in [7, 11) is 0. The Hall–Kier alpha value is -1.89. The lowest BCUT2D eigenvalue weighted by Gasteiger charge is -2.08. The van der Waals surface area contributed by atoms with Gasteiger partial charge in [0.1, 0.15) is 11.5 Å². The van der Waals surface area contributed by atoms with Gasteiger partial charge < -0.3 is 10.2 Å². The highest BCUT2D eigenvalue weighted by atomic mass is 19.4. The van der Waals surface area contributed by atoms with Crippen molar-refractivity contribution in [3.63, 3.8) is 0 Å². The summed E-state index contributed by atoms with van der Waals surface area (Å²) < 4.78 is 56.0. The molecule has 18 heavy (non-hydrogen) atoms. The van der Waals surface area contributed by atoms with Crippen molar-refractivity contribution in [2.24, 2.45) is 5.73 Å². The molecule has 0 aliphatic rings. The quantitative estimate of drug-likeness (QED) is 0.844. The molecule has 0 aliphatic heterocycles. The summed E-state index contributed by atoms with van der Waals surface area (Å²) in [6.07, 6.45) is -3.54. The fraction of sp³-hybridized carbons (Fsp3) is 0.182. The molecule has 2 N–H and O–H groups in total. The highest BCUT2D eigenvalue weighted by Gasteiger charge is 2.31. The molecule has 96 valence electrons. The highest BCUT2D eigenvalue weighted by Crippen LogP contribution is 2.34. The van der Waals surface area contributed by atoms with E-state index in [1.807, 2.05) is 0 Å². The van der Waals surface area contributed by atoms with Crippen molar-refractivity contribution in [2.45, 2.75) is 12.7 Å². The number of oxazole rings is 1. The Morgan fingerprint density at radius 1 is 1.28 bits per heavy atom. The molecule has 0 aliphatic carbocycles. The second-order valence-corrected chi connectivity index (χ2v) is 3.52. The van der Waals surface area contributed by atoms with Crippen LogP contribution in [-0.4, -0.2) is 4.98 Å². The second-order valence-electron chi connectivity index (χ2n) is 3.52. The molecule has 0 radical (unpaired) electrons. The van der Waals surface area contributed by atoms with Gasteiger partial charge in [-0.15, -0.1) is 0 Å². The maximum absolute atomic E-state index is 13.5. The summed E-state index contributed by atoms with van der Waals surface area (Å²) in [6.45, 7) is -0.0540. The summed E-state index contributed by atoms with van der Waals surface area (Å²) in [6, 6.07) is 2.08. The Labute approximate surface area is 99.2 Å². The van der Waals surface area contributed by atoms with Gasteiger partial charge in [-0.3, -0.25) is 0 Å². The zero-order valence-electron chi connectivity index (χ0n) is 8.96. The van der Waals surface area contributed by atoms with Crippen molar-refractivity contribution in [2.75, 3.05) is 0 Å². The molecule has 3 nitrogen and oxygen atoms in total. The van der Waals surface area contributed by atoms with Gasteiger partial charge in [0.2, 0.25) is 0 Å². The lowest BCUT2D eigenvalue weighted by molar-refractivity contribution is -0.137. The third kappa shape index (κ3) is 2.21. The van der Waals surface area contributed by atoms with Crippen LogP contribution in [0.25, 0.3) is 11.3 Å². The lowest BCUT2D eigenvalue weighted by Crippen LogP contribution is -2.06. The minimum Gasteiger partial charge on any atom is -0.443 e. The largest absolute Gasteiger partial charge is 0.443 e.